The van der Waals surface area contributed by atoms with Crippen molar-refractivity contribution < 1.29 is 4.79 Å². The second kappa shape index (κ2) is 7.88. The van der Waals surface area contributed by atoms with E-state index in [0.717, 1.165) is 22.9 Å². The van der Waals surface area contributed by atoms with Crippen LogP contribution in [-0.2, 0) is 0 Å². The lowest BCUT2D eigenvalue weighted by Gasteiger charge is -2.01. The van der Waals surface area contributed by atoms with Crippen LogP contribution in [0.5, 0.6) is 0 Å². The fourth-order valence-electron chi connectivity index (χ4n) is 2.68. The minimum Gasteiger partial charge on any atom is -0.360 e. The van der Waals surface area contributed by atoms with Crippen LogP contribution in [0.25, 0.3) is 10.9 Å². The third kappa shape index (κ3) is 3.96. The van der Waals surface area contributed by atoms with E-state index >= 15 is 0 Å². The van der Waals surface area contributed by atoms with Gasteiger partial charge in [0.05, 0.1) is 0 Å². The van der Waals surface area contributed by atoms with E-state index in [9.17, 15) is 4.79 Å². The van der Waals surface area contributed by atoms with Crippen LogP contribution in [0.1, 0.15) is 68.6 Å². The molecule has 1 N–H and O–H groups in total. The van der Waals surface area contributed by atoms with E-state index in [1.54, 1.807) is 0 Å². The lowest BCUT2D eigenvalue weighted by molar-refractivity contribution is 0.0980. The van der Waals surface area contributed by atoms with Crippen LogP contribution in [0, 0.1) is 0 Å². The second-order valence-corrected chi connectivity index (χ2v) is 5.54. The molecule has 20 heavy (non-hydrogen) atoms. The average Bonchev–Trinajstić information content (AvgIpc) is 2.90. The molecule has 1 heterocycles. The number of Topliss-reactive ketones (excluding diaryl/α,β-unsaturated/α-hetero) is 1. The average molecular weight is 271 g/mol. The summed E-state index contributed by atoms with van der Waals surface area (Å²) in [5.41, 5.74) is 1.90. The number of unbranched alkanes of at least 4 members (excludes halogenated alkanes) is 6. The van der Waals surface area contributed by atoms with Gasteiger partial charge in [-0.1, -0.05) is 63.6 Å². The van der Waals surface area contributed by atoms with Gasteiger partial charge < -0.3 is 4.98 Å². The summed E-state index contributed by atoms with van der Waals surface area (Å²) >= 11 is 0. The van der Waals surface area contributed by atoms with Gasteiger partial charge in [-0.05, 0) is 12.5 Å². The molecular formula is C18H25NO. The summed E-state index contributed by atoms with van der Waals surface area (Å²) < 4.78 is 0. The number of hydrogen-bond acceptors (Lipinski definition) is 1. The molecule has 0 fully saturated rings. The van der Waals surface area contributed by atoms with Crippen molar-refractivity contribution in [2.75, 3.05) is 0 Å². The summed E-state index contributed by atoms with van der Waals surface area (Å²) in [5, 5.41) is 1.06. The second-order valence-electron chi connectivity index (χ2n) is 5.54. The number of hydrogen-bond donors (Lipinski definition) is 1. The lowest BCUT2D eigenvalue weighted by Crippen LogP contribution is -1.97. The maximum absolute atomic E-state index is 12.2. The van der Waals surface area contributed by atoms with Crippen LogP contribution >= 0.6 is 0 Å². The largest absolute Gasteiger partial charge is 0.360 e. The van der Waals surface area contributed by atoms with Gasteiger partial charge in [0.1, 0.15) is 0 Å². The standard InChI is InChI=1S/C18H25NO/c1-2-3-4-5-6-7-8-13-18(20)16-14-19-17-12-10-9-11-15(16)17/h9-12,14,19H,2-8,13H2,1H3. The number of ketones is 1. The third-order valence-corrected chi connectivity index (χ3v) is 3.90. The van der Waals surface area contributed by atoms with Gasteiger partial charge in [-0.25, -0.2) is 0 Å². The monoisotopic (exact) mass is 271 g/mol. The lowest BCUT2D eigenvalue weighted by atomic mass is 10.0. The molecule has 1 aromatic carbocycles. The number of carbonyl (C=O) groups is 1. The maximum atomic E-state index is 12.2. The molecule has 0 aliphatic heterocycles. The summed E-state index contributed by atoms with van der Waals surface area (Å²) in [5.74, 6) is 0.274. The topological polar surface area (TPSA) is 32.9 Å². The van der Waals surface area contributed by atoms with Crippen LogP contribution in [0.4, 0.5) is 0 Å². The van der Waals surface area contributed by atoms with E-state index in [2.05, 4.69) is 11.9 Å². The number of rotatable bonds is 9. The van der Waals surface area contributed by atoms with Gasteiger partial charge in [0.15, 0.2) is 5.78 Å². The molecule has 0 aliphatic carbocycles. The smallest absolute Gasteiger partial charge is 0.165 e. The first-order valence-corrected chi connectivity index (χ1v) is 7.92. The van der Waals surface area contributed by atoms with Gasteiger partial charge >= 0.3 is 0 Å². The summed E-state index contributed by atoms with van der Waals surface area (Å²) in [6.45, 7) is 2.24. The van der Waals surface area contributed by atoms with Crippen LogP contribution in [-0.4, -0.2) is 10.8 Å². The van der Waals surface area contributed by atoms with Crippen LogP contribution < -0.4 is 0 Å². The first-order valence-electron chi connectivity index (χ1n) is 7.92. The first-order chi connectivity index (χ1) is 9.83. The molecule has 0 saturated heterocycles. The van der Waals surface area contributed by atoms with E-state index in [-0.39, 0.29) is 5.78 Å². The van der Waals surface area contributed by atoms with Crippen molar-refractivity contribution in [2.24, 2.45) is 0 Å². The predicted octanol–water partition coefficient (Wildman–Crippen LogP) is 5.49. The zero-order valence-corrected chi connectivity index (χ0v) is 12.5. The van der Waals surface area contributed by atoms with Gasteiger partial charge in [-0.2, -0.15) is 0 Å². The zero-order chi connectivity index (χ0) is 14.2. The van der Waals surface area contributed by atoms with Gasteiger partial charge in [-0.15, -0.1) is 0 Å². The fraction of sp³-hybridized carbons (Fsp3) is 0.500. The molecule has 0 aliphatic rings. The molecule has 0 bridgehead atoms. The van der Waals surface area contributed by atoms with Crippen LogP contribution in [0.3, 0.4) is 0 Å². The molecule has 0 saturated carbocycles. The number of aromatic amines is 1. The fourth-order valence-corrected chi connectivity index (χ4v) is 2.68. The number of nitrogens with one attached hydrogen (secondary N) is 1. The first kappa shape index (κ1) is 14.8. The molecular weight excluding hydrogens is 246 g/mol. The molecule has 108 valence electrons. The highest BCUT2D eigenvalue weighted by Crippen LogP contribution is 2.20. The molecule has 2 aromatic rings. The zero-order valence-electron chi connectivity index (χ0n) is 12.5. The molecule has 2 rings (SSSR count). The molecule has 0 spiro atoms. The van der Waals surface area contributed by atoms with Crippen molar-refractivity contribution in [3.8, 4) is 0 Å². The quantitative estimate of drug-likeness (QED) is 0.474. The van der Waals surface area contributed by atoms with E-state index < -0.39 is 0 Å². The molecule has 0 amide bonds. The van der Waals surface area contributed by atoms with E-state index in [0.29, 0.717) is 6.42 Å². The van der Waals surface area contributed by atoms with Crippen molar-refractivity contribution in [1.82, 2.24) is 4.98 Å². The van der Waals surface area contributed by atoms with E-state index in [4.69, 9.17) is 0 Å². The molecule has 0 radical (unpaired) electrons. The number of H-pyrrole nitrogens is 1. The summed E-state index contributed by atoms with van der Waals surface area (Å²) in [6.07, 6.45) is 11.3. The highest BCUT2D eigenvalue weighted by Gasteiger charge is 2.10. The summed E-state index contributed by atoms with van der Waals surface area (Å²) in [4.78, 5) is 15.4. The number of aromatic nitrogens is 1. The highest BCUT2D eigenvalue weighted by molar-refractivity contribution is 6.07. The Morgan fingerprint density at radius 2 is 1.70 bits per heavy atom. The Bertz CT molecular complexity index is 541. The van der Waals surface area contributed by atoms with Crippen LogP contribution in [0.2, 0.25) is 0 Å². The Morgan fingerprint density at radius 3 is 2.50 bits per heavy atom. The van der Waals surface area contributed by atoms with Crippen molar-refractivity contribution in [3.63, 3.8) is 0 Å². The van der Waals surface area contributed by atoms with Gasteiger partial charge in [0, 0.05) is 29.1 Å². The summed E-state index contributed by atoms with van der Waals surface area (Å²) in [6, 6.07) is 8.01. The Labute approximate surface area is 121 Å². The molecule has 0 unspecified atom stereocenters. The minimum atomic E-state index is 0.274. The Hall–Kier alpha value is -1.57. The Kier molecular flexibility index (Phi) is 5.85. The van der Waals surface area contributed by atoms with Gasteiger partial charge in [-0.3, -0.25) is 4.79 Å². The van der Waals surface area contributed by atoms with Crippen molar-refractivity contribution >= 4 is 16.7 Å². The number of para-hydroxylation sites is 1. The summed E-state index contributed by atoms with van der Waals surface area (Å²) in [7, 11) is 0. The Balaban J connectivity index is 1.75. The predicted molar refractivity (Wildman–Crippen MR) is 85.2 cm³/mol. The molecule has 1 aromatic heterocycles. The van der Waals surface area contributed by atoms with Crippen molar-refractivity contribution in [3.05, 3.63) is 36.0 Å². The number of carbonyl (C=O) groups excluding carboxylic acids is 1. The SMILES string of the molecule is CCCCCCCCCC(=O)c1c[nH]c2ccccc12. The maximum Gasteiger partial charge on any atom is 0.165 e. The van der Waals surface area contributed by atoms with Crippen molar-refractivity contribution in [1.29, 1.82) is 0 Å². The van der Waals surface area contributed by atoms with Crippen LogP contribution in [0.15, 0.2) is 30.5 Å². The van der Waals surface area contributed by atoms with Gasteiger partial charge in [0.2, 0.25) is 0 Å². The van der Waals surface area contributed by atoms with Crippen molar-refractivity contribution in [2.45, 2.75) is 58.3 Å². The molecule has 2 nitrogen and oxygen atoms in total. The van der Waals surface area contributed by atoms with Gasteiger partial charge in [0.25, 0.3) is 0 Å². The molecule has 0 atom stereocenters. The number of fused-ring (bicyclic) bond motifs is 1. The Morgan fingerprint density at radius 1 is 1.00 bits per heavy atom. The minimum absolute atomic E-state index is 0.274. The normalized spacial score (nSPS) is 11.1. The number of benzene rings is 1. The molecule has 2 heteroatoms. The third-order valence-electron chi connectivity index (χ3n) is 3.90. The van der Waals surface area contributed by atoms with E-state index in [1.165, 1.54) is 38.5 Å². The van der Waals surface area contributed by atoms with E-state index in [1.807, 2.05) is 30.5 Å². The highest BCUT2D eigenvalue weighted by atomic mass is 16.1.